The van der Waals surface area contributed by atoms with Gasteiger partial charge in [-0.15, -0.1) is 0 Å². The molecule has 0 aromatic heterocycles. The number of hydrogen-bond acceptors (Lipinski definition) is 4. The third-order valence-corrected chi connectivity index (χ3v) is 6.78. The average molecular weight is 372 g/mol. The number of fused-ring (bicyclic) bond motifs is 3. The molecule has 2 aliphatic heterocycles. The van der Waals surface area contributed by atoms with Crippen LogP contribution in [0.3, 0.4) is 0 Å². The highest BCUT2D eigenvalue weighted by Crippen LogP contribution is 2.40. The Balaban J connectivity index is 1.58. The fourth-order valence-electron chi connectivity index (χ4n) is 3.68. The first-order valence-electron chi connectivity index (χ1n) is 8.51. The van der Waals surface area contributed by atoms with Gasteiger partial charge in [-0.25, -0.2) is 17.5 Å². The van der Waals surface area contributed by atoms with E-state index in [0.717, 1.165) is 21.0 Å². The molecular weight excluding hydrogens is 352 g/mol. The second kappa shape index (κ2) is 6.32. The number of nitrogens with zero attached hydrogens (tertiary/aromatic N) is 2. The maximum atomic E-state index is 12.9. The summed E-state index contributed by atoms with van der Waals surface area (Å²) in [5.74, 6) is 0.632. The molecule has 26 heavy (non-hydrogen) atoms. The molecule has 0 saturated carbocycles. The Morgan fingerprint density at radius 1 is 1.15 bits per heavy atom. The third-order valence-electron chi connectivity index (χ3n) is 5.04. The van der Waals surface area contributed by atoms with E-state index in [4.69, 9.17) is 4.74 Å². The van der Waals surface area contributed by atoms with Crippen molar-refractivity contribution in [2.75, 3.05) is 19.4 Å². The van der Waals surface area contributed by atoms with Crippen LogP contribution in [0.4, 0.5) is 4.79 Å². The standard InChI is InChI=1S/C19H20N2O4S/c1-25-16-7-8-17-15(11-16)12-20-18(17)13-26(23,24)21(19(20)22)10-9-14-5-3-2-4-6-14/h2-8,11,18H,9-10,12-13H2,1H3. The number of ether oxygens (including phenoxy) is 1. The molecule has 2 amide bonds. The van der Waals surface area contributed by atoms with E-state index < -0.39 is 22.1 Å². The number of hydrogen-bond donors (Lipinski definition) is 0. The van der Waals surface area contributed by atoms with Crippen molar-refractivity contribution < 1.29 is 17.9 Å². The fourth-order valence-corrected chi connectivity index (χ4v) is 5.33. The van der Waals surface area contributed by atoms with Crippen molar-refractivity contribution in [3.8, 4) is 5.75 Å². The molecule has 1 saturated heterocycles. The minimum atomic E-state index is -3.64. The van der Waals surface area contributed by atoms with Crippen LogP contribution >= 0.6 is 0 Å². The predicted octanol–water partition coefficient (Wildman–Crippen LogP) is 2.56. The van der Waals surface area contributed by atoms with E-state index in [1.807, 2.05) is 42.5 Å². The Bertz CT molecular complexity index is 943. The zero-order valence-electron chi connectivity index (χ0n) is 14.5. The van der Waals surface area contributed by atoms with Gasteiger partial charge in [0.1, 0.15) is 5.75 Å². The molecule has 0 radical (unpaired) electrons. The van der Waals surface area contributed by atoms with Gasteiger partial charge in [-0.1, -0.05) is 36.4 Å². The van der Waals surface area contributed by atoms with Gasteiger partial charge in [-0.05, 0) is 35.2 Å². The largest absolute Gasteiger partial charge is 0.497 e. The quantitative estimate of drug-likeness (QED) is 0.827. The fraction of sp³-hybridized carbons (Fsp3) is 0.316. The smallest absolute Gasteiger partial charge is 0.334 e. The topological polar surface area (TPSA) is 66.9 Å². The van der Waals surface area contributed by atoms with Gasteiger partial charge in [-0.3, -0.25) is 0 Å². The van der Waals surface area contributed by atoms with Gasteiger partial charge in [-0.2, -0.15) is 0 Å². The van der Waals surface area contributed by atoms with Gasteiger partial charge in [0.15, 0.2) is 0 Å². The molecule has 136 valence electrons. The lowest BCUT2D eigenvalue weighted by molar-refractivity contribution is 0.157. The van der Waals surface area contributed by atoms with E-state index in [1.54, 1.807) is 18.1 Å². The maximum Gasteiger partial charge on any atom is 0.334 e. The second-order valence-electron chi connectivity index (χ2n) is 6.58. The molecule has 1 atom stereocenters. The van der Waals surface area contributed by atoms with Crippen LogP contribution in [0.1, 0.15) is 22.7 Å². The van der Waals surface area contributed by atoms with Gasteiger partial charge in [0.25, 0.3) is 0 Å². The summed E-state index contributed by atoms with van der Waals surface area (Å²) in [5.41, 5.74) is 2.85. The van der Waals surface area contributed by atoms with Crippen molar-refractivity contribution >= 4 is 16.1 Å². The van der Waals surface area contributed by atoms with Crippen molar-refractivity contribution in [2.24, 2.45) is 0 Å². The van der Waals surface area contributed by atoms with Crippen LogP contribution in [-0.4, -0.2) is 43.1 Å². The average Bonchev–Trinajstić information content (AvgIpc) is 2.99. The third kappa shape index (κ3) is 2.82. The summed E-state index contributed by atoms with van der Waals surface area (Å²) in [5, 5.41) is 0. The van der Waals surface area contributed by atoms with Gasteiger partial charge in [0, 0.05) is 13.1 Å². The van der Waals surface area contributed by atoms with E-state index in [1.165, 1.54) is 0 Å². The Hall–Kier alpha value is -2.54. The van der Waals surface area contributed by atoms with E-state index >= 15 is 0 Å². The number of methoxy groups -OCH3 is 1. The minimum Gasteiger partial charge on any atom is -0.497 e. The van der Waals surface area contributed by atoms with Crippen molar-refractivity contribution in [2.45, 2.75) is 19.0 Å². The number of sulfonamides is 1. The van der Waals surface area contributed by atoms with Gasteiger partial charge < -0.3 is 9.64 Å². The molecule has 2 aliphatic rings. The van der Waals surface area contributed by atoms with E-state index in [-0.39, 0.29) is 12.3 Å². The molecule has 0 bridgehead atoms. The first-order chi connectivity index (χ1) is 12.5. The number of carbonyl (C=O) groups is 1. The number of benzene rings is 2. The lowest BCUT2D eigenvalue weighted by Gasteiger charge is -2.37. The van der Waals surface area contributed by atoms with Crippen molar-refractivity contribution in [3.63, 3.8) is 0 Å². The molecular formula is C19H20N2O4S. The summed E-state index contributed by atoms with van der Waals surface area (Å²) < 4.78 is 31.8. The second-order valence-corrected chi connectivity index (χ2v) is 8.52. The van der Waals surface area contributed by atoms with Crippen LogP contribution in [0.25, 0.3) is 0 Å². The lowest BCUT2D eigenvalue weighted by atomic mass is 10.1. The molecule has 1 unspecified atom stereocenters. The number of carbonyl (C=O) groups excluding carboxylic acids is 1. The van der Waals surface area contributed by atoms with E-state index in [9.17, 15) is 13.2 Å². The van der Waals surface area contributed by atoms with Gasteiger partial charge >= 0.3 is 6.03 Å². The summed E-state index contributed by atoms with van der Waals surface area (Å²) in [6.07, 6.45) is 0.505. The van der Waals surface area contributed by atoms with Gasteiger partial charge in [0.05, 0.1) is 18.9 Å². The first-order valence-corrected chi connectivity index (χ1v) is 10.1. The Kier molecular flexibility index (Phi) is 4.11. The number of rotatable bonds is 4. The van der Waals surface area contributed by atoms with Crippen LogP contribution in [0.15, 0.2) is 48.5 Å². The van der Waals surface area contributed by atoms with E-state index in [0.29, 0.717) is 18.7 Å². The molecule has 2 aromatic rings. The van der Waals surface area contributed by atoms with Crippen molar-refractivity contribution in [1.82, 2.24) is 9.21 Å². The zero-order chi connectivity index (χ0) is 18.3. The molecule has 0 spiro atoms. The summed E-state index contributed by atoms with van der Waals surface area (Å²) in [6, 6.07) is 14.3. The molecule has 4 rings (SSSR count). The normalized spacial score (nSPS) is 20.7. The van der Waals surface area contributed by atoms with Crippen molar-refractivity contribution in [1.29, 1.82) is 0 Å². The Morgan fingerprint density at radius 2 is 1.92 bits per heavy atom. The highest BCUT2D eigenvalue weighted by atomic mass is 32.2. The summed E-state index contributed by atoms with van der Waals surface area (Å²) >= 11 is 0. The van der Waals surface area contributed by atoms with Gasteiger partial charge in [0.2, 0.25) is 10.0 Å². The van der Waals surface area contributed by atoms with E-state index in [2.05, 4.69) is 0 Å². The Labute approximate surface area is 153 Å². The minimum absolute atomic E-state index is 0.0765. The molecule has 7 heteroatoms. The van der Waals surface area contributed by atoms with Crippen LogP contribution < -0.4 is 4.74 Å². The van der Waals surface area contributed by atoms with Crippen LogP contribution in [0.5, 0.6) is 5.75 Å². The van der Waals surface area contributed by atoms with Crippen LogP contribution in [0, 0.1) is 0 Å². The number of amides is 2. The highest BCUT2D eigenvalue weighted by Gasteiger charge is 2.46. The lowest BCUT2D eigenvalue weighted by Crippen LogP contribution is -2.53. The molecule has 1 fully saturated rings. The van der Waals surface area contributed by atoms with Crippen molar-refractivity contribution in [3.05, 3.63) is 65.2 Å². The highest BCUT2D eigenvalue weighted by molar-refractivity contribution is 7.89. The summed E-state index contributed by atoms with van der Waals surface area (Å²) in [7, 11) is -2.06. The molecule has 0 aliphatic carbocycles. The number of urea groups is 1. The molecule has 6 nitrogen and oxygen atoms in total. The Morgan fingerprint density at radius 3 is 2.65 bits per heavy atom. The molecule has 2 aromatic carbocycles. The van der Waals surface area contributed by atoms with Crippen LogP contribution in [-0.2, 0) is 23.0 Å². The monoisotopic (exact) mass is 372 g/mol. The first kappa shape index (κ1) is 16.9. The predicted molar refractivity (Wildman–Crippen MR) is 97.3 cm³/mol. The maximum absolute atomic E-state index is 12.9. The molecule has 0 N–H and O–H groups in total. The molecule has 2 heterocycles. The SMILES string of the molecule is COc1ccc2c(c1)CN1C(=O)N(CCc3ccccc3)S(=O)(=O)CC21. The van der Waals surface area contributed by atoms with Crippen LogP contribution in [0.2, 0.25) is 0 Å². The summed E-state index contributed by atoms with van der Waals surface area (Å²) in [4.78, 5) is 14.6. The zero-order valence-corrected chi connectivity index (χ0v) is 15.3. The summed E-state index contributed by atoms with van der Waals surface area (Å²) in [6.45, 7) is 0.571.